The minimum absolute atomic E-state index is 0.184. The van der Waals surface area contributed by atoms with Crippen LogP contribution in [-0.2, 0) is 0 Å². The van der Waals surface area contributed by atoms with Crippen molar-refractivity contribution in [3.05, 3.63) is 40.9 Å². The van der Waals surface area contributed by atoms with Crippen LogP contribution < -0.4 is 5.56 Å². The lowest BCUT2D eigenvalue weighted by molar-refractivity contribution is 0.877. The number of aromatic amines is 1. The fraction of sp³-hybridized carbons (Fsp3) is 0. The van der Waals surface area contributed by atoms with Gasteiger partial charge >= 0.3 is 0 Å². The molecule has 0 aliphatic rings. The lowest BCUT2D eigenvalue weighted by Crippen LogP contribution is -2.19. The first kappa shape index (κ1) is 8.72. The van der Waals surface area contributed by atoms with Gasteiger partial charge in [-0.25, -0.2) is 9.55 Å². The van der Waals surface area contributed by atoms with Crippen LogP contribution in [0.3, 0.4) is 0 Å². The summed E-state index contributed by atoms with van der Waals surface area (Å²) in [6.07, 6.45) is 1.38. The van der Waals surface area contributed by atoms with Crippen molar-refractivity contribution in [2.45, 2.75) is 0 Å². The number of nitrogens with zero attached hydrogens (tertiary/aromatic N) is 5. The molecule has 0 saturated carbocycles. The second kappa shape index (κ2) is 3.23. The Morgan fingerprint density at radius 2 is 2.12 bits per heavy atom. The van der Waals surface area contributed by atoms with Crippen LogP contribution in [-0.4, -0.2) is 30.2 Å². The Morgan fingerprint density at radius 1 is 1.25 bits per heavy atom. The molecular formula is C9H6N6O. The first-order chi connectivity index (χ1) is 7.86. The molecule has 2 heterocycles. The molecule has 1 N–H and O–H groups in total. The fourth-order valence-electron chi connectivity index (χ4n) is 1.47. The van der Waals surface area contributed by atoms with Gasteiger partial charge in [-0.15, -0.1) is 5.10 Å². The molecule has 1 aromatic carbocycles. The van der Waals surface area contributed by atoms with E-state index in [9.17, 15) is 4.79 Å². The van der Waals surface area contributed by atoms with Crippen LogP contribution >= 0.6 is 0 Å². The van der Waals surface area contributed by atoms with E-state index in [0.717, 1.165) is 0 Å². The van der Waals surface area contributed by atoms with Gasteiger partial charge in [0.05, 0.1) is 10.9 Å². The van der Waals surface area contributed by atoms with Gasteiger partial charge in [-0.1, -0.05) is 17.2 Å². The monoisotopic (exact) mass is 214 g/mol. The van der Waals surface area contributed by atoms with Crippen LogP contribution in [0, 0.1) is 0 Å². The number of rotatable bonds is 1. The molecule has 0 amide bonds. The Bertz CT molecular complexity index is 687. The summed E-state index contributed by atoms with van der Waals surface area (Å²) in [5, 5.41) is 13.7. The average molecular weight is 214 g/mol. The lowest BCUT2D eigenvalue weighted by Gasteiger charge is -2.00. The largest absolute Gasteiger partial charge is 0.278 e. The Kier molecular flexibility index (Phi) is 1.76. The molecule has 7 nitrogen and oxygen atoms in total. The molecule has 0 fully saturated rings. The zero-order valence-corrected chi connectivity index (χ0v) is 8.03. The van der Waals surface area contributed by atoms with Crippen molar-refractivity contribution < 1.29 is 0 Å². The van der Waals surface area contributed by atoms with Gasteiger partial charge in [0.2, 0.25) is 0 Å². The number of aromatic nitrogens is 6. The maximum absolute atomic E-state index is 12.0. The highest BCUT2D eigenvalue weighted by Gasteiger charge is 2.07. The maximum atomic E-state index is 12.0. The van der Waals surface area contributed by atoms with E-state index >= 15 is 0 Å². The van der Waals surface area contributed by atoms with Gasteiger partial charge in [0.25, 0.3) is 11.5 Å². The lowest BCUT2D eigenvalue weighted by atomic mass is 10.2. The summed E-state index contributed by atoms with van der Waals surface area (Å²) in [5.74, 6) is 0.184. The number of nitrogens with one attached hydrogen (secondary N) is 1. The van der Waals surface area contributed by atoms with Crippen molar-refractivity contribution in [2.75, 3.05) is 0 Å². The second-order valence-corrected chi connectivity index (χ2v) is 3.15. The molecule has 0 atom stereocenters. The molecule has 78 valence electrons. The molecular weight excluding hydrogens is 208 g/mol. The van der Waals surface area contributed by atoms with E-state index in [1.807, 2.05) is 6.07 Å². The molecule has 7 heteroatoms. The predicted octanol–water partition coefficient (Wildman–Crippen LogP) is -0.101. The number of H-pyrrole nitrogens is 1. The molecule has 0 aliphatic heterocycles. The van der Waals surface area contributed by atoms with E-state index < -0.39 is 0 Å². The Hall–Kier alpha value is -2.57. The highest BCUT2D eigenvalue weighted by molar-refractivity contribution is 5.77. The van der Waals surface area contributed by atoms with Crippen molar-refractivity contribution in [2.24, 2.45) is 0 Å². The number of fused-ring (bicyclic) bond motifs is 1. The zero-order chi connectivity index (χ0) is 11.0. The highest BCUT2D eigenvalue weighted by Crippen LogP contribution is 2.05. The van der Waals surface area contributed by atoms with Crippen LogP contribution in [0.15, 0.2) is 35.4 Å². The molecule has 0 saturated heterocycles. The Morgan fingerprint density at radius 3 is 2.94 bits per heavy atom. The fourth-order valence-corrected chi connectivity index (χ4v) is 1.47. The summed E-state index contributed by atoms with van der Waals surface area (Å²) in [5.41, 5.74) is 0.430. The average Bonchev–Trinajstić information content (AvgIpc) is 2.83. The van der Waals surface area contributed by atoms with E-state index in [1.54, 1.807) is 18.2 Å². The molecule has 0 aliphatic carbocycles. The van der Waals surface area contributed by atoms with Crippen molar-refractivity contribution in [3.63, 3.8) is 0 Å². The number of hydrogen-bond acceptors (Lipinski definition) is 5. The van der Waals surface area contributed by atoms with Crippen molar-refractivity contribution in [1.82, 2.24) is 30.2 Å². The predicted molar refractivity (Wildman–Crippen MR) is 55.1 cm³/mol. The topological polar surface area (TPSA) is 89.4 Å². The zero-order valence-electron chi connectivity index (χ0n) is 8.03. The first-order valence-corrected chi connectivity index (χ1v) is 4.56. The number of para-hydroxylation sites is 1. The van der Waals surface area contributed by atoms with E-state index in [-0.39, 0.29) is 11.5 Å². The highest BCUT2D eigenvalue weighted by atomic mass is 16.1. The summed E-state index contributed by atoms with van der Waals surface area (Å²) in [6.45, 7) is 0. The summed E-state index contributed by atoms with van der Waals surface area (Å²) in [7, 11) is 0. The number of benzene rings is 1. The molecule has 0 radical (unpaired) electrons. The Balaban J connectivity index is 2.37. The van der Waals surface area contributed by atoms with Crippen LogP contribution in [0.1, 0.15) is 0 Å². The number of tetrazole rings is 1. The molecule has 0 spiro atoms. The number of hydrogen-bond donors (Lipinski definition) is 1. The summed E-state index contributed by atoms with van der Waals surface area (Å²) in [4.78, 5) is 16.2. The SMILES string of the molecule is O=c1c2ccccc2ncn1-c1nn[nH]n1. The molecule has 3 aromatic rings. The van der Waals surface area contributed by atoms with Crippen molar-refractivity contribution >= 4 is 10.9 Å². The van der Waals surface area contributed by atoms with Crippen molar-refractivity contribution in [3.8, 4) is 5.95 Å². The van der Waals surface area contributed by atoms with Gasteiger partial charge in [-0.05, 0) is 17.3 Å². The third kappa shape index (κ3) is 1.18. The summed E-state index contributed by atoms with van der Waals surface area (Å²) in [6, 6.07) is 7.10. The van der Waals surface area contributed by atoms with Gasteiger partial charge in [0.1, 0.15) is 6.33 Å². The van der Waals surface area contributed by atoms with Crippen molar-refractivity contribution in [1.29, 1.82) is 0 Å². The Labute approximate surface area is 88.8 Å². The molecule has 0 bridgehead atoms. The molecule has 0 unspecified atom stereocenters. The maximum Gasteiger partial charge on any atom is 0.278 e. The van der Waals surface area contributed by atoms with Crippen LogP contribution in [0.4, 0.5) is 0 Å². The molecule has 3 rings (SSSR count). The van der Waals surface area contributed by atoms with Crippen LogP contribution in [0.2, 0.25) is 0 Å². The van der Waals surface area contributed by atoms with Gasteiger partial charge in [-0.3, -0.25) is 4.79 Å². The minimum Gasteiger partial charge on any atom is -0.268 e. The summed E-state index contributed by atoms with van der Waals surface area (Å²) >= 11 is 0. The smallest absolute Gasteiger partial charge is 0.268 e. The second-order valence-electron chi connectivity index (χ2n) is 3.15. The van der Waals surface area contributed by atoms with Gasteiger partial charge < -0.3 is 0 Å². The summed E-state index contributed by atoms with van der Waals surface area (Å²) < 4.78 is 1.24. The third-order valence-corrected chi connectivity index (χ3v) is 2.22. The van der Waals surface area contributed by atoms with E-state index in [4.69, 9.17) is 0 Å². The molecule has 2 aromatic heterocycles. The minimum atomic E-state index is -0.216. The third-order valence-electron chi connectivity index (χ3n) is 2.22. The van der Waals surface area contributed by atoms with Gasteiger partial charge in [-0.2, -0.15) is 5.21 Å². The quantitative estimate of drug-likeness (QED) is 0.610. The van der Waals surface area contributed by atoms with Crippen LogP contribution in [0.5, 0.6) is 0 Å². The van der Waals surface area contributed by atoms with E-state index in [0.29, 0.717) is 10.9 Å². The van der Waals surface area contributed by atoms with Crippen LogP contribution in [0.25, 0.3) is 16.9 Å². The normalized spacial score (nSPS) is 10.8. The van der Waals surface area contributed by atoms with Gasteiger partial charge in [0, 0.05) is 0 Å². The molecule has 16 heavy (non-hydrogen) atoms. The standard InChI is InChI=1S/C9H6N6O/c16-8-6-3-1-2-4-7(6)10-5-15(8)9-11-13-14-12-9/h1-5H,(H,11,12,13,14). The first-order valence-electron chi connectivity index (χ1n) is 4.56. The van der Waals surface area contributed by atoms with Gasteiger partial charge in [0.15, 0.2) is 0 Å². The van der Waals surface area contributed by atoms with E-state index in [1.165, 1.54) is 10.9 Å². The van der Waals surface area contributed by atoms with E-state index in [2.05, 4.69) is 25.6 Å².